The predicted molar refractivity (Wildman–Crippen MR) is 72.3 cm³/mol. The zero-order valence-electron chi connectivity index (χ0n) is 11.4. The van der Waals surface area contributed by atoms with Crippen molar-refractivity contribution < 1.29 is 14.7 Å². The number of rotatable bonds is 2. The molecule has 5 heteroatoms. The molecular weight excluding hydrogens is 244 g/mol. The number of hydrogen-bond donors (Lipinski definition) is 1. The molecule has 1 fully saturated rings. The minimum atomic E-state index is -1.11. The van der Waals surface area contributed by atoms with Crippen LogP contribution in [0.15, 0.2) is 18.3 Å². The third kappa shape index (κ3) is 4.35. The number of carboxylic acid groups (broad SMARTS) is 1. The van der Waals surface area contributed by atoms with E-state index in [0.717, 1.165) is 25.9 Å². The van der Waals surface area contributed by atoms with Crippen LogP contribution in [0.4, 0.5) is 0 Å². The molecule has 1 aromatic heterocycles. The van der Waals surface area contributed by atoms with Gasteiger partial charge in [0, 0.05) is 24.8 Å². The number of hydrogen-bond acceptors (Lipinski definition) is 3. The summed E-state index contributed by atoms with van der Waals surface area (Å²) < 4.78 is 0. The van der Waals surface area contributed by atoms with Crippen LogP contribution in [0.25, 0.3) is 0 Å². The van der Waals surface area contributed by atoms with Crippen LogP contribution >= 0.6 is 0 Å². The second kappa shape index (κ2) is 7.51. The van der Waals surface area contributed by atoms with Crippen LogP contribution in [0.3, 0.4) is 0 Å². The standard InChI is InChI=1S/C11H12N2O3.C3H8/c14-10(13-5-1-2-6-13)8-3-4-12-9(7-8)11(15)16;1-3-2/h3-4,7H,1-2,5-6H2,(H,15,16);3H2,1-2H3. The van der Waals surface area contributed by atoms with Gasteiger partial charge in [-0.15, -0.1) is 0 Å². The number of nitrogens with zero attached hydrogens (tertiary/aromatic N) is 2. The fourth-order valence-electron chi connectivity index (χ4n) is 1.78. The van der Waals surface area contributed by atoms with Gasteiger partial charge in [0.05, 0.1) is 0 Å². The first-order valence-electron chi connectivity index (χ1n) is 6.58. The van der Waals surface area contributed by atoms with Crippen molar-refractivity contribution in [1.29, 1.82) is 0 Å². The van der Waals surface area contributed by atoms with Gasteiger partial charge in [0.15, 0.2) is 0 Å². The van der Waals surface area contributed by atoms with E-state index >= 15 is 0 Å². The average Bonchev–Trinajstić information content (AvgIpc) is 2.93. The van der Waals surface area contributed by atoms with Gasteiger partial charge in [-0.1, -0.05) is 20.3 Å². The Morgan fingerprint density at radius 3 is 2.42 bits per heavy atom. The fraction of sp³-hybridized carbons (Fsp3) is 0.500. The van der Waals surface area contributed by atoms with Crippen LogP contribution in [-0.4, -0.2) is 40.0 Å². The lowest BCUT2D eigenvalue weighted by Crippen LogP contribution is -2.27. The van der Waals surface area contributed by atoms with Crippen molar-refractivity contribution in [3.05, 3.63) is 29.6 Å². The lowest BCUT2D eigenvalue weighted by Gasteiger charge is -2.14. The third-order valence-electron chi connectivity index (χ3n) is 2.62. The Kier molecular flexibility index (Phi) is 5.99. The van der Waals surface area contributed by atoms with Gasteiger partial charge in [-0.3, -0.25) is 4.79 Å². The van der Waals surface area contributed by atoms with Crippen molar-refractivity contribution in [2.45, 2.75) is 33.1 Å². The first-order valence-corrected chi connectivity index (χ1v) is 6.58. The van der Waals surface area contributed by atoms with E-state index in [-0.39, 0.29) is 11.6 Å². The van der Waals surface area contributed by atoms with Gasteiger partial charge in [0.25, 0.3) is 5.91 Å². The predicted octanol–water partition coefficient (Wildman–Crippen LogP) is 2.43. The highest BCUT2D eigenvalue weighted by Gasteiger charge is 2.20. The van der Waals surface area contributed by atoms with E-state index in [2.05, 4.69) is 18.8 Å². The summed E-state index contributed by atoms with van der Waals surface area (Å²) in [6.45, 7) is 5.76. The van der Waals surface area contributed by atoms with E-state index in [1.54, 1.807) is 11.0 Å². The zero-order valence-corrected chi connectivity index (χ0v) is 11.4. The first-order chi connectivity index (χ1) is 9.10. The average molecular weight is 264 g/mol. The molecule has 19 heavy (non-hydrogen) atoms. The van der Waals surface area contributed by atoms with Crippen molar-refractivity contribution >= 4 is 11.9 Å². The quantitative estimate of drug-likeness (QED) is 0.890. The van der Waals surface area contributed by atoms with Gasteiger partial charge in [-0.2, -0.15) is 0 Å². The molecule has 5 nitrogen and oxygen atoms in total. The van der Waals surface area contributed by atoms with Gasteiger partial charge < -0.3 is 10.0 Å². The van der Waals surface area contributed by atoms with Gasteiger partial charge in [0.1, 0.15) is 5.69 Å². The number of carbonyl (C=O) groups excluding carboxylic acids is 1. The lowest BCUT2D eigenvalue weighted by atomic mass is 10.2. The van der Waals surface area contributed by atoms with Crippen LogP contribution in [0.2, 0.25) is 0 Å². The van der Waals surface area contributed by atoms with Gasteiger partial charge in [-0.25, -0.2) is 9.78 Å². The summed E-state index contributed by atoms with van der Waals surface area (Å²) in [6.07, 6.45) is 4.64. The van der Waals surface area contributed by atoms with Gasteiger partial charge >= 0.3 is 5.97 Å². The maximum Gasteiger partial charge on any atom is 0.354 e. The highest BCUT2D eigenvalue weighted by Crippen LogP contribution is 2.13. The highest BCUT2D eigenvalue weighted by molar-refractivity contribution is 5.96. The third-order valence-corrected chi connectivity index (χ3v) is 2.62. The summed E-state index contributed by atoms with van der Waals surface area (Å²) in [5.41, 5.74) is 0.305. The van der Waals surface area contributed by atoms with Crippen LogP contribution in [0.1, 0.15) is 54.0 Å². The fourth-order valence-corrected chi connectivity index (χ4v) is 1.78. The molecule has 0 aliphatic carbocycles. The summed E-state index contributed by atoms with van der Waals surface area (Å²) >= 11 is 0. The van der Waals surface area contributed by atoms with Crippen molar-refractivity contribution in [3.8, 4) is 0 Å². The maximum atomic E-state index is 11.9. The van der Waals surface area contributed by atoms with Crippen LogP contribution in [-0.2, 0) is 0 Å². The molecule has 0 atom stereocenters. The smallest absolute Gasteiger partial charge is 0.354 e. The Bertz CT molecular complexity index is 440. The minimum absolute atomic E-state index is 0.0925. The normalized spacial score (nSPS) is 13.7. The Hall–Kier alpha value is -1.91. The van der Waals surface area contributed by atoms with E-state index in [4.69, 9.17) is 5.11 Å². The second-order valence-electron chi connectivity index (χ2n) is 4.44. The van der Waals surface area contributed by atoms with Crippen molar-refractivity contribution in [3.63, 3.8) is 0 Å². The monoisotopic (exact) mass is 264 g/mol. The Morgan fingerprint density at radius 2 is 1.89 bits per heavy atom. The van der Waals surface area contributed by atoms with E-state index in [1.165, 1.54) is 18.7 Å². The number of aromatic carboxylic acids is 1. The lowest BCUT2D eigenvalue weighted by molar-refractivity contribution is 0.0690. The Labute approximate surface area is 113 Å². The first kappa shape index (κ1) is 15.1. The SMILES string of the molecule is CCC.O=C(O)c1cc(C(=O)N2CCCC2)ccn1. The molecule has 0 aromatic carbocycles. The van der Waals surface area contributed by atoms with Crippen molar-refractivity contribution in [2.24, 2.45) is 0 Å². The number of aromatic nitrogens is 1. The molecule has 1 N–H and O–H groups in total. The molecule has 2 rings (SSSR count). The molecule has 0 spiro atoms. The topological polar surface area (TPSA) is 70.5 Å². The van der Waals surface area contributed by atoms with Crippen LogP contribution in [0.5, 0.6) is 0 Å². The van der Waals surface area contributed by atoms with Crippen molar-refractivity contribution in [1.82, 2.24) is 9.88 Å². The summed E-state index contributed by atoms with van der Waals surface area (Å²) in [4.78, 5) is 28.1. The molecule has 2 heterocycles. The van der Waals surface area contributed by atoms with Crippen molar-refractivity contribution in [2.75, 3.05) is 13.1 Å². The molecule has 0 bridgehead atoms. The number of amides is 1. The van der Waals surface area contributed by atoms with Gasteiger partial charge in [0.2, 0.25) is 0 Å². The number of carbonyl (C=O) groups is 2. The Morgan fingerprint density at radius 1 is 1.32 bits per heavy atom. The summed E-state index contributed by atoms with van der Waals surface area (Å²) in [7, 11) is 0. The van der Waals surface area contributed by atoms with E-state index in [0.29, 0.717) is 5.56 Å². The molecule has 0 unspecified atom stereocenters. The maximum absolute atomic E-state index is 11.9. The minimum Gasteiger partial charge on any atom is -0.477 e. The molecule has 0 radical (unpaired) electrons. The van der Waals surface area contributed by atoms with E-state index < -0.39 is 5.97 Å². The second-order valence-corrected chi connectivity index (χ2v) is 4.44. The summed E-state index contributed by atoms with van der Waals surface area (Å²) in [5.74, 6) is -1.22. The largest absolute Gasteiger partial charge is 0.477 e. The van der Waals surface area contributed by atoms with Crippen LogP contribution < -0.4 is 0 Å². The van der Waals surface area contributed by atoms with E-state index in [1.807, 2.05) is 0 Å². The molecule has 1 amide bonds. The summed E-state index contributed by atoms with van der Waals surface area (Å²) in [6, 6.07) is 2.87. The molecule has 1 aliphatic heterocycles. The molecular formula is C14H20N2O3. The molecule has 1 aliphatic rings. The number of likely N-dealkylation sites (tertiary alicyclic amines) is 1. The molecule has 104 valence electrons. The zero-order chi connectivity index (χ0) is 14.3. The Balaban J connectivity index is 0.000000550. The van der Waals surface area contributed by atoms with Gasteiger partial charge in [-0.05, 0) is 25.0 Å². The molecule has 1 saturated heterocycles. The van der Waals surface area contributed by atoms with Crippen LogP contribution in [0, 0.1) is 0 Å². The summed E-state index contributed by atoms with van der Waals surface area (Å²) in [5, 5.41) is 8.77. The van der Waals surface area contributed by atoms with E-state index in [9.17, 15) is 9.59 Å². The molecule has 1 aromatic rings. The number of pyridine rings is 1. The number of carboxylic acids is 1. The molecule has 0 saturated carbocycles. The highest BCUT2D eigenvalue weighted by atomic mass is 16.4.